The third-order valence-electron chi connectivity index (χ3n) is 4.85. The zero-order chi connectivity index (χ0) is 13.1. The Labute approximate surface area is 112 Å². The molecule has 0 bridgehead atoms. The van der Waals surface area contributed by atoms with Crippen molar-refractivity contribution >= 4 is 0 Å². The van der Waals surface area contributed by atoms with Gasteiger partial charge >= 0.3 is 0 Å². The van der Waals surface area contributed by atoms with Crippen molar-refractivity contribution in [3.8, 4) is 0 Å². The maximum atomic E-state index is 5.89. The van der Waals surface area contributed by atoms with E-state index in [1.165, 1.54) is 13.0 Å². The largest absolute Gasteiger partial charge is 0.374 e. The fraction of sp³-hybridized carbons (Fsp3) is 1.00. The number of likely N-dealkylation sites (tertiary alicyclic amines) is 1. The van der Waals surface area contributed by atoms with Crippen molar-refractivity contribution in [2.75, 3.05) is 46.9 Å². The van der Waals surface area contributed by atoms with Gasteiger partial charge in [-0.05, 0) is 33.4 Å². The van der Waals surface area contributed by atoms with E-state index in [0.29, 0.717) is 24.1 Å². The van der Waals surface area contributed by atoms with Crippen LogP contribution in [0, 0.1) is 5.92 Å². The molecule has 4 heteroatoms. The highest BCUT2D eigenvalue weighted by molar-refractivity contribution is 4.89. The van der Waals surface area contributed by atoms with Gasteiger partial charge in [0.05, 0.1) is 12.7 Å². The van der Waals surface area contributed by atoms with Crippen LogP contribution < -0.4 is 5.32 Å². The number of nitrogens with zero attached hydrogens (tertiary/aromatic N) is 2. The quantitative estimate of drug-likeness (QED) is 0.801. The predicted octanol–water partition coefficient (Wildman–Crippen LogP) is 0.635. The third kappa shape index (κ3) is 3.23. The average molecular weight is 255 g/mol. The average Bonchev–Trinajstić information content (AvgIpc) is 2.35. The van der Waals surface area contributed by atoms with Crippen molar-refractivity contribution in [1.29, 1.82) is 0 Å². The summed E-state index contributed by atoms with van der Waals surface area (Å²) in [7, 11) is 4.28. The molecule has 4 atom stereocenters. The van der Waals surface area contributed by atoms with Crippen LogP contribution in [0.3, 0.4) is 0 Å². The minimum Gasteiger partial charge on any atom is -0.374 e. The monoisotopic (exact) mass is 255 g/mol. The van der Waals surface area contributed by atoms with Gasteiger partial charge in [-0.2, -0.15) is 0 Å². The highest BCUT2D eigenvalue weighted by Gasteiger charge is 2.33. The lowest BCUT2D eigenvalue weighted by atomic mass is 9.87. The van der Waals surface area contributed by atoms with Gasteiger partial charge in [-0.15, -0.1) is 0 Å². The number of nitrogens with one attached hydrogen (secondary N) is 1. The van der Waals surface area contributed by atoms with Gasteiger partial charge in [0.2, 0.25) is 0 Å². The van der Waals surface area contributed by atoms with Gasteiger partial charge in [0.1, 0.15) is 0 Å². The Bertz CT molecular complexity index is 261. The van der Waals surface area contributed by atoms with E-state index in [1.807, 2.05) is 0 Å². The van der Waals surface area contributed by atoms with Gasteiger partial charge in [0.25, 0.3) is 0 Å². The topological polar surface area (TPSA) is 27.7 Å². The molecule has 0 aliphatic carbocycles. The smallest absolute Gasteiger partial charge is 0.0829 e. The zero-order valence-electron chi connectivity index (χ0n) is 12.4. The molecule has 2 fully saturated rings. The molecule has 1 N–H and O–H groups in total. The number of likely N-dealkylation sites (N-methyl/N-ethyl adjacent to an activating group) is 1. The Morgan fingerprint density at radius 3 is 2.72 bits per heavy atom. The number of morpholine rings is 1. The summed E-state index contributed by atoms with van der Waals surface area (Å²) in [6.07, 6.45) is 1.65. The van der Waals surface area contributed by atoms with Crippen LogP contribution in [0.1, 0.15) is 20.3 Å². The van der Waals surface area contributed by atoms with Crippen molar-refractivity contribution in [2.24, 2.45) is 5.92 Å². The number of rotatable bonds is 3. The first-order valence-corrected chi connectivity index (χ1v) is 7.33. The molecule has 2 rings (SSSR count). The molecule has 2 heterocycles. The zero-order valence-corrected chi connectivity index (χ0v) is 12.4. The van der Waals surface area contributed by atoms with E-state index in [9.17, 15) is 0 Å². The summed E-state index contributed by atoms with van der Waals surface area (Å²) in [5.74, 6) is 0.713. The van der Waals surface area contributed by atoms with Crippen molar-refractivity contribution in [3.63, 3.8) is 0 Å². The highest BCUT2D eigenvalue weighted by atomic mass is 16.5. The Hall–Kier alpha value is -0.160. The SMILES string of the molecule is CNC1CCN(CC2CN(C)CCO2)C(C)C1C. The molecule has 2 aliphatic rings. The predicted molar refractivity (Wildman–Crippen MR) is 74.9 cm³/mol. The van der Waals surface area contributed by atoms with E-state index >= 15 is 0 Å². The summed E-state index contributed by atoms with van der Waals surface area (Å²) in [4.78, 5) is 4.99. The molecule has 0 aromatic carbocycles. The van der Waals surface area contributed by atoms with E-state index in [0.717, 1.165) is 26.2 Å². The van der Waals surface area contributed by atoms with Gasteiger partial charge in [-0.1, -0.05) is 6.92 Å². The first-order chi connectivity index (χ1) is 8.61. The van der Waals surface area contributed by atoms with Crippen LogP contribution in [0.4, 0.5) is 0 Å². The summed E-state index contributed by atoms with van der Waals surface area (Å²) in [5.41, 5.74) is 0. The molecular weight excluding hydrogens is 226 g/mol. The van der Waals surface area contributed by atoms with Gasteiger partial charge in [-0.25, -0.2) is 0 Å². The number of piperidine rings is 1. The molecule has 18 heavy (non-hydrogen) atoms. The van der Waals surface area contributed by atoms with Crippen LogP contribution in [0.2, 0.25) is 0 Å². The second kappa shape index (κ2) is 6.33. The van der Waals surface area contributed by atoms with E-state index in [-0.39, 0.29) is 0 Å². The second-order valence-corrected chi connectivity index (χ2v) is 6.03. The van der Waals surface area contributed by atoms with Crippen LogP contribution in [0.15, 0.2) is 0 Å². The first kappa shape index (κ1) is 14.3. The Morgan fingerprint density at radius 1 is 1.28 bits per heavy atom. The van der Waals surface area contributed by atoms with Gasteiger partial charge in [0, 0.05) is 38.3 Å². The molecule has 0 spiro atoms. The Balaban J connectivity index is 1.86. The highest BCUT2D eigenvalue weighted by Crippen LogP contribution is 2.24. The van der Waals surface area contributed by atoms with Gasteiger partial charge < -0.3 is 15.0 Å². The van der Waals surface area contributed by atoms with Crippen LogP contribution in [0.25, 0.3) is 0 Å². The summed E-state index contributed by atoms with van der Waals surface area (Å²) in [5, 5.41) is 3.45. The lowest BCUT2D eigenvalue weighted by Gasteiger charge is -2.44. The lowest BCUT2D eigenvalue weighted by Crippen LogP contribution is -2.56. The molecule has 4 nitrogen and oxygen atoms in total. The van der Waals surface area contributed by atoms with Crippen molar-refractivity contribution < 1.29 is 4.74 Å². The Morgan fingerprint density at radius 2 is 2.06 bits per heavy atom. The normalized spacial score (nSPS) is 40.0. The molecule has 106 valence electrons. The summed E-state index contributed by atoms with van der Waals surface area (Å²) < 4.78 is 5.89. The van der Waals surface area contributed by atoms with E-state index in [2.05, 4.69) is 43.1 Å². The first-order valence-electron chi connectivity index (χ1n) is 7.33. The summed E-state index contributed by atoms with van der Waals surface area (Å²) >= 11 is 0. The van der Waals surface area contributed by atoms with Crippen molar-refractivity contribution in [1.82, 2.24) is 15.1 Å². The fourth-order valence-corrected chi connectivity index (χ4v) is 3.34. The molecule has 0 aromatic heterocycles. The molecule has 0 aromatic rings. The standard InChI is InChI=1S/C14H29N3O/c1-11-12(2)17(6-5-14(11)15-3)10-13-9-16(4)7-8-18-13/h11-15H,5-10H2,1-4H3. The minimum atomic E-state index is 0.393. The summed E-state index contributed by atoms with van der Waals surface area (Å²) in [6.45, 7) is 10.1. The van der Waals surface area contributed by atoms with Gasteiger partial charge in [0.15, 0.2) is 0 Å². The van der Waals surface area contributed by atoms with Crippen molar-refractivity contribution in [2.45, 2.75) is 38.5 Å². The third-order valence-corrected chi connectivity index (χ3v) is 4.85. The number of hydrogen-bond donors (Lipinski definition) is 1. The fourth-order valence-electron chi connectivity index (χ4n) is 3.34. The molecule has 0 radical (unpaired) electrons. The summed E-state index contributed by atoms with van der Waals surface area (Å²) in [6, 6.07) is 1.32. The van der Waals surface area contributed by atoms with Crippen molar-refractivity contribution in [3.05, 3.63) is 0 Å². The van der Waals surface area contributed by atoms with Crippen LogP contribution >= 0.6 is 0 Å². The van der Waals surface area contributed by atoms with Crippen LogP contribution in [0.5, 0.6) is 0 Å². The molecule has 0 saturated carbocycles. The number of ether oxygens (including phenoxy) is 1. The number of hydrogen-bond acceptors (Lipinski definition) is 4. The molecule has 0 amide bonds. The minimum absolute atomic E-state index is 0.393. The van der Waals surface area contributed by atoms with E-state index in [4.69, 9.17) is 4.74 Å². The molecule has 2 saturated heterocycles. The Kier molecular flexibility index (Phi) is 5.01. The van der Waals surface area contributed by atoms with Gasteiger partial charge in [-0.3, -0.25) is 4.90 Å². The lowest BCUT2D eigenvalue weighted by molar-refractivity contribution is -0.0508. The van der Waals surface area contributed by atoms with Crippen LogP contribution in [-0.2, 0) is 4.74 Å². The maximum Gasteiger partial charge on any atom is 0.0829 e. The van der Waals surface area contributed by atoms with Crippen LogP contribution in [-0.4, -0.2) is 74.9 Å². The van der Waals surface area contributed by atoms with E-state index in [1.54, 1.807) is 0 Å². The maximum absolute atomic E-state index is 5.89. The molecule has 4 unspecified atom stereocenters. The molecular formula is C14H29N3O. The van der Waals surface area contributed by atoms with E-state index < -0.39 is 0 Å². The molecule has 2 aliphatic heterocycles. The second-order valence-electron chi connectivity index (χ2n) is 6.03.